The maximum Gasteiger partial charge on any atom is 0.109 e. The first-order chi connectivity index (χ1) is 8.54. The van der Waals surface area contributed by atoms with E-state index in [-0.39, 0.29) is 6.04 Å². The first-order valence-corrected chi connectivity index (χ1v) is 7.86. The molecular formula is C14H27N3S. The molecule has 0 amide bonds. The molecule has 0 aliphatic rings. The summed E-state index contributed by atoms with van der Waals surface area (Å²) in [5.41, 5.74) is 7.01. The molecule has 0 saturated carbocycles. The smallest absolute Gasteiger partial charge is 0.109 e. The van der Waals surface area contributed by atoms with Gasteiger partial charge in [-0.2, -0.15) is 0 Å². The van der Waals surface area contributed by atoms with Crippen molar-refractivity contribution < 1.29 is 0 Å². The molecule has 0 bridgehead atoms. The highest BCUT2D eigenvalue weighted by Crippen LogP contribution is 2.18. The molecule has 4 heteroatoms. The van der Waals surface area contributed by atoms with Gasteiger partial charge >= 0.3 is 0 Å². The highest BCUT2D eigenvalue weighted by molar-refractivity contribution is 7.09. The second-order valence-corrected chi connectivity index (χ2v) is 6.13. The Kier molecular flexibility index (Phi) is 6.82. The molecule has 1 aromatic heterocycles. The van der Waals surface area contributed by atoms with Crippen molar-refractivity contribution in [3.8, 4) is 0 Å². The average molecular weight is 269 g/mol. The van der Waals surface area contributed by atoms with Gasteiger partial charge in [0.1, 0.15) is 5.01 Å². The number of nitrogens with zero attached hydrogens (tertiary/aromatic N) is 2. The molecule has 1 atom stereocenters. The first kappa shape index (κ1) is 15.6. The molecule has 1 heterocycles. The second-order valence-electron chi connectivity index (χ2n) is 5.24. The van der Waals surface area contributed by atoms with Gasteiger partial charge < -0.3 is 5.73 Å². The maximum absolute atomic E-state index is 5.85. The van der Waals surface area contributed by atoms with Crippen LogP contribution in [-0.4, -0.2) is 22.5 Å². The second kappa shape index (κ2) is 7.87. The normalized spacial score (nSPS) is 13.5. The number of aromatic nitrogens is 1. The quantitative estimate of drug-likeness (QED) is 0.734. The topological polar surface area (TPSA) is 42.1 Å². The van der Waals surface area contributed by atoms with Gasteiger partial charge in [0, 0.05) is 18.0 Å². The van der Waals surface area contributed by atoms with E-state index in [1.54, 1.807) is 11.3 Å². The SMILES string of the molecule is CCCCCN(Cc1csc(C(C)N)n1)C(C)C. The molecule has 0 aliphatic carbocycles. The molecule has 2 N–H and O–H groups in total. The molecular weight excluding hydrogens is 242 g/mol. The van der Waals surface area contributed by atoms with Gasteiger partial charge in [0.05, 0.1) is 11.7 Å². The van der Waals surface area contributed by atoms with Gasteiger partial charge in [0.2, 0.25) is 0 Å². The van der Waals surface area contributed by atoms with Crippen LogP contribution in [0.2, 0.25) is 0 Å². The van der Waals surface area contributed by atoms with Crippen molar-refractivity contribution in [2.75, 3.05) is 6.54 Å². The standard InChI is InChI=1S/C14H27N3S/c1-5-6-7-8-17(11(2)3)9-13-10-18-14(16-13)12(4)15/h10-12H,5-9,15H2,1-4H3. The predicted octanol–water partition coefficient (Wildman–Crippen LogP) is 3.56. The monoisotopic (exact) mass is 269 g/mol. The van der Waals surface area contributed by atoms with E-state index in [0.29, 0.717) is 6.04 Å². The Morgan fingerprint density at radius 1 is 1.33 bits per heavy atom. The van der Waals surface area contributed by atoms with Crippen molar-refractivity contribution in [2.24, 2.45) is 5.73 Å². The molecule has 3 nitrogen and oxygen atoms in total. The molecule has 0 spiro atoms. The number of thiazole rings is 1. The lowest BCUT2D eigenvalue weighted by molar-refractivity contribution is 0.206. The third-order valence-corrected chi connectivity index (χ3v) is 4.20. The highest BCUT2D eigenvalue weighted by Gasteiger charge is 2.13. The zero-order valence-corrected chi connectivity index (χ0v) is 13.0. The Labute approximate surface area is 115 Å². The molecule has 18 heavy (non-hydrogen) atoms. The lowest BCUT2D eigenvalue weighted by Gasteiger charge is -2.25. The summed E-state index contributed by atoms with van der Waals surface area (Å²) in [6, 6.07) is 0.624. The number of hydrogen-bond acceptors (Lipinski definition) is 4. The van der Waals surface area contributed by atoms with Crippen molar-refractivity contribution in [1.29, 1.82) is 0 Å². The van der Waals surface area contributed by atoms with Crippen molar-refractivity contribution in [3.63, 3.8) is 0 Å². The van der Waals surface area contributed by atoms with Gasteiger partial charge in [-0.25, -0.2) is 4.98 Å². The molecule has 0 radical (unpaired) electrons. The minimum Gasteiger partial charge on any atom is -0.322 e. The van der Waals surface area contributed by atoms with Gasteiger partial charge in [0.25, 0.3) is 0 Å². The fourth-order valence-electron chi connectivity index (χ4n) is 1.90. The number of rotatable bonds is 8. The Balaban J connectivity index is 2.53. The Hall–Kier alpha value is -0.450. The van der Waals surface area contributed by atoms with Crippen LogP contribution in [-0.2, 0) is 6.54 Å². The van der Waals surface area contributed by atoms with Crippen LogP contribution in [0, 0.1) is 0 Å². The summed E-state index contributed by atoms with van der Waals surface area (Å²) < 4.78 is 0. The van der Waals surface area contributed by atoms with Gasteiger partial charge in [-0.3, -0.25) is 4.90 Å². The third kappa shape index (κ3) is 5.04. The average Bonchev–Trinajstić information content (AvgIpc) is 2.76. The van der Waals surface area contributed by atoms with Crippen molar-refractivity contribution in [3.05, 3.63) is 16.1 Å². The lowest BCUT2D eigenvalue weighted by atomic mass is 10.2. The van der Waals surface area contributed by atoms with E-state index < -0.39 is 0 Å². The van der Waals surface area contributed by atoms with Crippen molar-refractivity contribution in [2.45, 2.75) is 65.6 Å². The summed E-state index contributed by atoms with van der Waals surface area (Å²) in [4.78, 5) is 7.11. The maximum atomic E-state index is 5.85. The van der Waals surface area contributed by atoms with Crippen LogP contribution in [0.15, 0.2) is 5.38 Å². The largest absolute Gasteiger partial charge is 0.322 e. The fraction of sp³-hybridized carbons (Fsp3) is 0.786. The van der Waals surface area contributed by atoms with Crippen LogP contribution in [0.25, 0.3) is 0 Å². The summed E-state index contributed by atoms with van der Waals surface area (Å²) in [6.07, 6.45) is 3.86. The van der Waals surface area contributed by atoms with Gasteiger partial charge in [0.15, 0.2) is 0 Å². The van der Waals surface area contributed by atoms with Gasteiger partial charge in [-0.1, -0.05) is 19.8 Å². The van der Waals surface area contributed by atoms with Gasteiger partial charge in [-0.15, -0.1) is 11.3 Å². The molecule has 0 fully saturated rings. The Morgan fingerprint density at radius 3 is 2.56 bits per heavy atom. The van der Waals surface area contributed by atoms with E-state index >= 15 is 0 Å². The summed E-state index contributed by atoms with van der Waals surface area (Å²) in [5, 5.41) is 3.19. The molecule has 1 aromatic rings. The summed E-state index contributed by atoms with van der Waals surface area (Å²) in [6.45, 7) is 10.9. The first-order valence-electron chi connectivity index (χ1n) is 6.98. The van der Waals surface area contributed by atoms with E-state index in [9.17, 15) is 0 Å². The van der Waals surface area contributed by atoms with Gasteiger partial charge in [-0.05, 0) is 33.7 Å². The number of unbranched alkanes of at least 4 members (excludes halogenated alkanes) is 2. The minimum atomic E-state index is 0.0522. The molecule has 104 valence electrons. The zero-order chi connectivity index (χ0) is 13.5. The predicted molar refractivity (Wildman–Crippen MR) is 79.8 cm³/mol. The van der Waals surface area contributed by atoms with Crippen LogP contribution < -0.4 is 5.73 Å². The van der Waals surface area contributed by atoms with E-state index in [4.69, 9.17) is 5.73 Å². The Bertz CT molecular complexity index is 334. The number of hydrogen-bond donors (Lipinski definition) is 1. The van der Waals surface area contributed by atoms with E-state index in [1.165, 1.54) is 19.3 Å². The zero-order valence-electron chi connectivity index (χ0n) is 12.1. The lowest BCUT2D eigenvalue weighted by Crippen LogP contribution is -2.31. The van der Waals surface area contributed by atoms with Crippen LogP contribution in [0.4, 0.5) is 0 Å². The highest BCUT2D eigenvalue weighted by atomic mass is 32.1. The van der Waals surface area contributed by atoms with Crippen LogP contribution >= 0.6 is 11.3 Å². The summed E-state index contributed by atoms with van der Waals surface area (Å²) in [5.74, 6) is 0. The van der Waals surface area contributed by atoms with Crippen LogP contribution in [0.3, 0.4) is 0 Å². The summed E-state index contributed by atoms with van der Waals surface area (Å²) >= 11 is 1.68. The Morgan fingerprint density at radius 2 is 2.06 bits per heavy atom. The van der Waals surface area contributed by atoms with Crippen LogP contribution in [0.5, 0.6) is 0 Å². The van der Waals surface area contributed by atoms with E-state index in [0.717, 1.165) is 23.8 Å². The minimum absolute atomic E-state index is 0.0522. The summed E-state index contributed by atoms with van der Waals surface area (Å²) in [7, 11) is 0. The third-order valence-electron chi connectivity index (χ3n) is 3.10. The van der Waals surface area contributed by atoms with Crippen molar-refractivity contribution in [1.82, 2.24) is 9.88 Å². The molecule has 0 aliphatic heterocycles. The van der Waals surface area contributed by atoms with Crippen molar-refractivity contribution >= 4 is 11.3 Å². The van der Waals surface area contributed by atoms with E-state index in [2.05, 4.69) is 36.0 Å². The molecule has 0 aromatic carbocycles. The molecule has 1 rings (SSSR count). The van der Waals surface area contributed by atoms with E-state index in [1.807, 2.05) is 6.92 Å². The number of nitrogens with two attached hydrogens (primary N) is 1. The molecule has 1 unspecified atom stereocenters. The molecule has 0 saturated heterocycles. The van der Waals surface area contributed by atoms with Crippen LogP contribution in [0.1, 0.15) is 63.7 Å². The fourth-order valence-corrected chi connectivity index (χ4v) is 2.67.